The van der Waals surface area contributed by atoms with Gasteiger partial charge in [-0.1, -0.05) is 20.3 Å². The van der Waals surface area contributed by atoms with E-state index < -0.39 is 0 Å². The number of fused-ring (bicyclic) bond motifs is 1. The fraction of sp³-hybridized carbons (Fsp3) is 0.533. The number of nitrogens with zero attached hydrogens (tertiary/aromatic N) is 1. The van der Waals surface area contributed by atoms with E-state index in [2.05, 4.69) is 64.2 Å². The molecule has 3 unspecified atom stereocenters. The number of rotatable bonds is 2. The molecular formula is C15H19IN2S. The third-order valence-corrected chi connectivity index (χ3v) is 5.69. The van der Waals surface area contributed by atoms with Crippen molar-refractivity contribution in [2.75, 3.05) is 0 Å². The largest absolute Gasteiger partial charge is 0.331 e. The fourth-order valence-electron chi connectivity index (χ4n) is 3.60. The van der Waals surface area contributed by atoms with Crippen molar-refractivity contribution in [3.63, 3.8) is 0 Å². The highest BCUT2D eigenvalue weighted by Gasteiger charge is 2.33. The molecule has 0 radical (unpaired) electrons. The smallest absolute Gasteiger partial charge is 0.178 e. The summed E-state index contributed by atoms with van der Waals surface area (Å²) < 4.78 is 4.49. The van der Waals surface area contributed by atoms with Crippen molar-refractivity contribution in [1.29, 1.82) is 0 Å². The minimum absolute atomic E-state index is 0.561. The Morgan fingerprint density at radius 1 is 1.42 bits per heavy atom. The Labute approximate surface area is 132 Å². The Hall–Kier alpha value is -0.360. The molecule has 19 heavy (non-hydrogen) atoms. The van der Waals surface area contributed by atoms with Gasteiger partial charge in [0.1, 0.15) is 0 Å². The normalized spacial score (nSPS) is 27.2. The van der Waals surface area contributed by atoms with E-state index in [9.17, 15) is 0 Å². The van der Waals surface area contributed by atoms with Crippen LogP contribution in [-0.2, 0) is 0 Å². The second-order valence-corrected chi connectivity index (χ2v) is 7.27. The number of benzene rings is 1. The van der Waals surface area contributed by atoms with Gasteiger partial charge in [-0.2, -0.15) is 0 Å². The first-order valence-corrected chi connectivity index (χ1v) is 8.50. The molecule has 0 aliphatic heterocycles. The first-order chi connectivity index (χ1) is 9.11. The Kier molecular flexibility index (Phi) is 3.73. The Balaban J connectivity index is 2.11. The lowest BCUT2D eigenvalue weighted by molar-refractivity contribution is 0.332. The standard InChI is InChI=1S/C15H19IN2S/c1-3-10-4-6-13(9(10)2)18-14-7-5-11(16)8-12(14)17-15(18)19/h5,7-10,13H,3-4,6H2,1-2H3,(H,17,19). The monoisotopic (exact) mass is 386 g/mol. The molecule has 2 aromatic rings. The third kappa shape index (κ3) is 2.27. The molecule has 1 heterocycles. The number of aromatic nitrogens is 2. The molecule has 0 saturated heterocycles. The molecule has 0 amide bonds. The number of H-pyrrole nitrogens is 1. The zero-order chi connectivity index (χ0) is 13.6. The first-order valence-electron chi connectivity index (χ1n) is 7.01. The van der Waals surface area contributed by atoms with Crippen molar-refractivity contribution in [2.45, 2.75) is 39.2 Å². The van der Waals surface area contributed by atoms with Gasteiger partial charge in [0.15, 0.2) is 4.77 Å². The number of nitrogens with one attached hydrogen (secondary N) is 1. The molecule has 1 aliphatic carbocycles. The zero-order valence-electron chi connectivity index (χ0n) is 11.3. The summed E-state index contributed by atoms with van der Waals surface area (Å²) in [6.45, 7) is 4.69. The maximum atomic E-state index is 5.57. The SMILES string of the molecule is CCC1CCC(n2c(=S)[nH]c3cc(I)ccc32)C1C. The average molecular weight is 386 g/mol. The molecule has 1 saturated carbocycles. The van der Waals surface area contributed by atoms with Crippen LogP contribution in [0.4, 0.5) is 0 Å². The van der Waals surface area contributed by atoms with Gasteiger partial charge in [-0.25, -0.2) is 0 Å². The van der Waals surface area contributed by atoms with Gasteiger partial charge in [-0.3, -0.25) is 0 Å². The lowest BCUT2D eigenvalue weighted by Crippen LogP contribution is -2.15. The maximum absolute atomic E-state index is 5.57. The third-order valence-electron chi connectivity index (χ3n) is 4.72. The number of imidazole rings is 1. The molecule has 1 aliphatic rings. The van der Waals surface area contributed by atoms with Crippen molar-refractivity contribution in [3.8, 4) is 0 Å². The molecule has 4 heteroatoms. The van der Waals surface area contributed by atoms with Gasteiger partial charge < -0.3 is 9.55 Å². The van der Waals surface area contributed by atoms with E-state index in [0.29, 0.717) is 6.04 Å². The van der Waals surface area contributed by atoms with Crippen LogP contribution in [0.1, 0.15) is 39.2 Å². The van der Waals surface area contributed by atoms with Crippen LogP contribution in [0, 0.1) is 20.2 Å². The molecule has 2 nitrogen and oxygen atoms in total. The van der Waals surface area contributed by atoms with Crippen molar-refractivity contribution in [1.82, 2.24) is 9.55 Å². The van der Waals surface area contributed by atoms with E-state index in [1.807, 2.05) is 0 Å². The highest BCUT2D eigenvalue weighted by molar-refractivity contribution is 14.1. The van der Waals surface area contributed by atoms with E-state index in [0.717, 1.165) is 16.6 Å². The van der Waals surface area contributed by atoms with Crippen LogP contribution in [0.15, 0.2) is 18.2 Å². The van der Waals surface area contributed by atoms with E-state index in [-0.39, 0.29) is 0 Å². The van der Waals surface area contributed by atoms with E-state index in [4.69, 9.17) is 12.2 Å². The van der Waals surface area contributed by atoms with Gasteiger partial charge in [0, 0.05) is 9.61 Å². The van der Waals surface area contributed by atoms with E-state index in [1.54, 1.807) is 0 Å². The summed E-state index contributed by atoms with van der Waals surface area (Å²) in [5.74, 6) is 1.57. The molecule has 1 fully saturated rings. The fourth-order valence-corrected chi connectivity index (χ4v) is 4.43. The van der Waals surface area contributed by atoms with Crippen LogP contribution in [0.5, 0.6) is 0 Å². The number of hydrogen-bond acceptors (Lipinski definition) is 1. The summed E-state index contributed by atoms with van der Waals surface area (Å²) in [6.07, 6.45) is 3.87. The van der Waals surface area contributed by atoms with Gasteiger partial charge in [0.05, 0.1) is 11.0 Å². The minimum atomic E-state index is 0.561. The van der Waals surface area contributed by atoms with Crippen molar-refractivity contribution >= 4 is 45.8 Å². The van der Waals surface area contributed by atoms with Crippen LogP contribution in [-0.4, -0.2) is 9.55 Å². The first kappa shape index (κ1) is 13.6. The average Bonchev–Trinajstić information content (AvgIpc) is 2.88. The summed E-state index contributed by atoms with van der Waals surface area (Å²) >= 11 is 7.91. The van der Waals surface area contributed by atoms with Crippen molar-refractivity contribution < 1.29 is 0 Å². The summed E-state index contributed by atoms with van der Waals surface area (Å²) in [6, 6.07) is 7.11. The highest BCUT2D eigenvalue weighted by atomic mass is 127. The highest BCUT2D eigenvalue weighted by Crippen LogP contribution is 2.43. The van der Waals surface area contributed by atoms with Gasteiger partial charge >= 0.3 is 0 Å². The molecule has 0 spiro atoms. The molecule has 3 rings (SSSR count). The quantitative estimate of drug-likeness (QED) is 0.549. The summed E-state index contributed by atoms with van der Waals surface area (Å²) in [4.78, 5) is 3.37. The van der Waals surface area contributed by atoms with Crippen LogP contribution < -0.4 is 0 Å². The zero-order valence-corrected chi connectivity index (χ0v) is 14.3. The Morgan fingerprint density at radius 2 is 2.21 bits per heavy atom. The molecule has 1 aromatic heterocycles. The van der Waals surface area contributed by atoms with Gasteiger partial charge in [-0.05, 0) is 77.7 Å². The molecular weight excluding hydrogens is 367 g/mol. The van der Waals surface area contributed by atoms with E-state index in [1.165, 1.54) is 33.9 Å². The number of hydrogen-bond donors (Lipinski definition) is 1. The molecule has 0 bridgehead atoms. The second kappa shape index (κ2) is 5.20. The predicted octanol–water partition coefficient (Wildman–Crippen LogP) is 5.30. The summed E-state index contributed by atoms with van der Waals surface area (Å²) in [7, 11) is 0. The van der Waals surface area contributed by atoms with Crippen LogP contribution in [0.3, 0.4) is 0 Å². The molecule has 102 valence electrons. The Bertz CT molecular complexity index is 658. The summed E-state index contributed by atoms with van der Waals surface area (Å²) in [5, 5.41) is 0. The van der Waals surface area contributed by atoms with Gasteiger partial charge in [0.2, 0.25) is 0 Å². The Morgan fingerprint density at radius 3 is 2.89 bits per heavy atom. The van der Waals surface area contributed by atoms with E-state index >= 15 is 0 Å². The van der Waals surface area contributed by atoms with Gasteiger partial charge in [0.25, 0.3) is 0 Å². The van der Waals surface area contributed by atoms with Crippen molar-refractivity contribution in [2.24, 2.45) is 11.8 Å². The number of aromatic amines is 1. The lowest BCUT2D eigenvalue weighted by Gasteiger charge is -2.21. The topological polar surface area (TPSA) is 20.7 Å². The minimum Gasteiger partial charge on any atom is -0.331 e. The second-order valence-electron chi connectivity index (χ2n) is 5.63. The van der Waals surface area contributed by atoms with Crippen molar-refractivity contribution in [3.05, 3.63) is 26.5 Å². The predicted molar refractivity (Wildman–Crippen MR) is 91.1 cm³/mol. The van der Waals surface area contributed by atoms with Gasteiger partial charge in [-0.15, -0.1) is 0 Å². The van der Waals surface area contributed by atoms with Crippen LogP contribution in [0.25, 0.3) is 11.0 Å². The summed E-state index contributed by atoms with van der Waals surface area (Å²) in [5.41, 5.74) is 2.43. The lowest BCUT2D eigenvalue weighted by atomic mass is 9.93. The van der Waals surface area contributed by atoms with Crippen LogP contribution >= 0.6 is 34.8 Å². The number of halogens is 1. The van der Waals surface area contributed by atoms with Crippen LogP contribution in [0.2, 0.25) is 0 Å². The molecule has 3 atom stereocenters. The maximum Gasteiger partial charge on any atom is 0.178 e. The molecule has 1 N–H and O–H groups in total. The molecule has 1 aromatic carbocycles.